The van der Waals surface area contributed by atoms with E-state index in [1.807, 2.05) is 6.07 Å². The summed E-state index contributed by atoms with van der Waals surface area (Å²) in [5.41, 5.74) is 18.2. The fourth-order valence-corrected chi connectivity index (χ4v) is 7.60. The van der Waals surface area contributed by atoms with Crippen LogP contribution in [0.5, 0.6) is 0 Å². The van der Waals surface area contributed by atoms with Gasteiger partial charge in [0.15, 0.2) is 0 Å². The van der Waals surface area contributed by atoms with Crippen molar-refractivity contribution in [2.75, 3.05) is 12.8 Å². The highest BCUT2D eigenvalue weighted by Gasteiger charge is 2.53. The first-order valence-electron chi connectivity index (χ1n) is 11.3. The Morgan fingerprint density at radius 2 is 2.00 bits per heavy atom. The maximum absolute atomic E-state index is 6.34. The second-order valence-electron chi connectivity index (χ2n) is 9.53. The summed E-state index contributed by atoms with van der Waals surface area (Å²) in [6, 6.07) is 6.25. The minimum absolute atomic E-state index is 0.0283. The molecule has 1 aromatic carbocycles. The van der Waals surface area contributed by atoms with Crippen LogP contribution in [-0.2, 0) is 0 Å². The Hall–Kier alpha value is -1.68. The standard InChI is InChI=1S/C25H33N3S/c1-28-24(27)20-9-7-16(14-23(20)26)21-10-11-22-19-8-6-15-4-2-3-5-17(15)18(19)12-13-25(21,22)29/h6-7,9-10,14,17-19,22,29H,2-5,8,11-13,26H2,1H3,(H2,27,28). The molecule has 0 heterocycles. The summed E-state index contributed by atoms with van der Waals surface area (Å²) < 4.78 is -0.0283. The molecule has 0 bridgehead atoms. The average molecular weight is 408 g/mol. The third-order valence-corrected chi connectivity index (χ3v) is 9.13. The number of nitrogen functional groups attached to an aromatic ring is 1. The topological polar surface area (TPSA) is 64.4 Å². The van der Waals surface area contributed by atoms with Crippen LogP contribution in [0.15, 0.2) is 40.9 Å². The molecule has 5 unspecified atom stereocenters. The van der Waals surface area contributed by atoms with Gasteiger partial charge in [0, 0.05) is 23.0 Å². The quantitative estimate of drug-likeness (QED) is 0.207. The Morgan fingerprint density at radius 3 is 2.79 bits per heavy atom. The molecule has 0 amide bonds. The second kappa shape index (κ2) is 7.23. The van der Waals surface area contributed by atoms with Crippen molar-refractivity contribution in [3.63, 3.8) is 0 Å². The summed E-state index contributed by atoms with van der Waals surface area (Å²) in [7, 11) is 1.70. The van der Waals surface area contributed by atoms with E-state index in [2.05, 4.69) is 29.3 Å². The van der Waals surface area contributed by atoms with E-state index in [0.29, 0.717) is 17.4 Å². The molecule has 2 fully saturated rings. The predicted molar refractivity (Wildman–Crippen MR) is 126 cm³/mol. The molecule has 0 saturated heterocycles. The number of rotatable bonds is 2. The molecular formula is C25H33N3S. The maximum atomic E-state index is 6.34. The largest absolute Gasteiger partial charge is 0.398 e. The number of anilines is 1. The molecule has 5 atom stereocenters. The maximum Gasteiger partial charge on any atom is 0.127 e. The van der Waals surface area contributed by atoms with Crippen LogP contribution in [0.1, 0.15) is 62.5 Å². The molecule has 0 aromatic heterocycles. The SMILES string of the molecule is CN=C(N)c1ccc(C2=CCC3C4CC=C5CCCCC5C4CCC23S)cc1N. The molecule has 4 heteroatoms. The molecule has 154 valence electrons. The number of aliphatic imine (C=N–C) groups is 1. The van der Waals surface area contributed by atoms with Crippen molar-refractivity contribution in [2.24, 2.45) is 34.4 Å². The number of fused-ring (bicyclic) bond motifs is 5. The van der Waals surface area contributed by atoms with E-state index in [1.165, 1.54) is 56.1 Å². The molecule has 4 N–H and O–H groups in total. The zero-order chi connectivity index (χ0) is 20.2. The Balaban J connectivity index is 1.44. The Labute approximate surface area is 180 Å². The van der Waals surface area contributed by atoms with Gasteiger partial charge in [-0.15, -0.1) is 0 Å². The molecule has 0 spiro atoms. The highest BCUT2D eigenvalue weighted by Crippen LogP contribution is 2.61. The van der Waals surface area contributed by atoms with Crippen molar-refractivity contribution in [3.05, 3.63) is 47.1 Å². The molecule has 0 aliphatic heterocycles. The monoisotopic (exact) mass is 407 g/mol. The third kappa shape index (κ3) is 2.98. The number of hydrogen-bond donors (Lipinski definition) is 3. The Bertz CT molecular complexity index is 915. The number of nitrogens with two attached hydrogens (primary N) is 2. The first kappa shape index (κ1) is 19.3. The van der Waals surface area contributed by atoms with Gasteiger partial charge in [0.05, 0.1) is 0 Å². The Morgan fingerprint density at radius 1 is 1.14 bits per heavy atom. The van der Waals surface area contributed by atoms with Gasteiger partial charge in [-0.2, -0.15) is 12.6 Å². The van der Waals surface area contributed by atoms with Crippen molar-refractivity contribution in [2.45, 2.75) is 56.1 Å². The van der Waals surface area contributed by atoms with E-state index >= 15 is 0 Å². The normalized spacial score (nSPS) is 36.6. The van der Waals surface area contributed by atoms with Gasteiger partial charge in [-0.05, 0) is 91.9 Å². The van der Waals surface area contributed by atoms with Crippen LogP contribution in [0.2, 0.25) is 0 Å². The van der Waals surface area contributed by atoms with Gasteiger partial charge in [0.2, 0.25) is 0 Å². The van der Waals surface area contributed by atoms with Gasteiger partial charge in [-0.1, -0.05) is 30.2 Å². The van der Waals surface area contributed by atoms with Crippen molar-refractivity contribution >= 4 is 29.7 Å². The molecule has 5 rings (SSSR count). The molecule has 2 saturated carbocycles. The van der Waals surface area contributed by atoms with Crippen LogP contribution in [0, 0.1) is 23.7 Å². The zero-order valence-electron chi connectivity index (χ0n) is 17.4. The van der Waals surface area contributed by atoms with Gasteiger partial charge in [0.1, 0.15) is 5.84 Å². The number of thiol groups is 1. The fraction of sp³-hybridized carbons (Fsp3) is 0.560. The van der Waals surface area contributed by atoms with Crippen molar-refractivity contribution in [3.8, 4) is 0 Å². The van der Waals surface area contributed by atoms with Crippen LogP contribution in [0.4, 0.5) is 5.69 Å². The van der Waals surface area contributed by atoms with E-state index in [0.717, 1.165) is 29.7 Å². The summed E-state index contributed by atoms with van der Waals surface area (Å²) in [6.45, 7) is 0. The summed E-state index contributed by atoms with van der Waals surface area (Å²) in [5, 5.41) is 0. The van der Waals surface area contributed by atoms with E-state index in [9.17, 15) is 0 Å². The lowest BCUT2D eigenvalue weighted by Gasteiger charge is -2.52. The third-order valence-electron chi connectivity index (χ3n) is 8.34. The van der Waals surface area contributed by atoms with E-state index in [1.54, 1.807) is 12.6 Å². The van der Waals surface area contributed by atoms with Gasteiger partial charge >= 0.3 is 0 Å². The Kier molecular flexibility index (Phi) is 4.81. The number of amidine groups is 1. The molecule has 1 aromatic rings. The van der Waals surface area contributed by atoms with Gasteiger partial charge in [0.25, 0.3) is 0 Å². The molecule has 29 heavy (non-hydrogen) atoms. The van der Waals surface area contributed by atoms with Crippen LogP contribution in [-0.4, -0.2) is 17.6 Å². The van der Waals surface area contributed by atoms with Gasteiger partial charge in [-0.3, -0.25) is 4.99 Å². The number of hydrogen-bond acceptors (Lipinski definition) is 3. The summed E-state index contributed by atoms with van der Waals surface area (Å²) in [4.78, 5) is 4.08. The number of nitrogens with zero attached hydrogens (tertiary/aromatic N) is 1. The zero-order valence-corrected chi connectivity index (χ0v) is 18.3. The van der Waals surface area contributed by atoms with E-state index < -0.39 is 0 Å². The average Bonchev–Trinajstić information content (AvgIpc) is 3.10. The lowest BCUT2D eigenvalue weighted by Crippen LogP contribution is -2.46. The van der Waals surface area contributed by atoms with E-state index in [4.69, 9.17) is 24.1 Å². The number of benzene rings is 1. The summed E-state index contributed by atoms with van der Waals surface area (Å²) >= 11 is 5.39. The molecule has 0 radical (unpaired) electrons. The van der Waals surface area contributed by atoms with Crippen LogP contribution in [0.25, 0.3) is 5.57 Å². The first-order valence-corrected chi connectivity index (χ1v) is 11.7. The highest BCUT2D eigenvalue weighted by molar-refractivity contribution is 7.82. The molecule has 4 aliphatic rings. The van der Waals surface area contributed by atoms with Crippen LogP contribution in [0.3, 0.4) is 0 Å². The summed E-state index contributed by atoms with van der Waals surface area (Å²) in [6.07, 6.45) is 15.5. The van der Waals surface area contributed by atoms with Crippen LogP contribution < -0.4 is 11.5 Å². The minimum atomic E-state index is -0.0283. The highest BCUT2D eigenvalue weighted by atomic mass is 32.1. The van der Waals surface area contributed by atoms with Crippen molar-refractivity contribution < 1.29 is 0 Å². The molecule has 3 nitrogen and oxygen atoms in total. The smallest absolute Gasteiger partial charge is 0.127 e. The molecule has 4 aliphatic carbocycles. The predicted octanol–water partition coefficient (Wildman–Crippen LogP) is 5.22. The van der Waals surface area contributed by atoms with Crippen molar-refractivity contribution in [1.29, 1.82) is 0 Å². The van der Waals surface area contributed by atoms with Crippen LogP contribution >= 0.6 is 12.6 Å². The van der Waals surface area contributed by atoms with Gasteiger partial charge < -0.3 is 11.5 Å². The lowest BCUT2D eigenvalue weighted by molar-refractivity contribution is 0.0870. The lowest BCUT2D eigenvalue weighted by atomic mass is 9.56. The van der Waals surface area contributed by atoms with E-state index in [-0.39, 0.29) is 4.75 Å². The fourth-order valence-electron chi connectivity index (χ4n) is 6.95. The van der Waals surface area contributed by atoms with Gasteiger partial charge in [-0.25, -0.2) is 0 Å². The first-order chi connectivity index (χ1) is 14.0. The number of allylic oxidation sites excluding steroid dienone is 3. The van der Waals surface area contributed by atoms with Crippen molar-refractivity contribution in [1.82, 2.24) is 0 Å². The minimum Gasteiger partial charge on any atom is -0.398 e. The molecular weight excluding hydrogens is 374 g/mol. The summed E-state index contributed by atoms with van der Waals surface area (Å²) in [5.74, 6) is 3.64. The second-order valence-corrected chi connectivity index (χ2v) is 10.3.